The third-order valence-electron chi connectivity index (χ3n) is 1.92. The topological polar surface area (TPSA) is 165 Å². The van der Waals surface area contributed by atoms with Crippen LogP contribution in [0.4, 0.5) is 0 Å². The molecular weight excluding hydrogens is 286 g/mol. The summed E-state index contributed by atoms with van der Waals surface area (Å²) in [5.74, 6) is 0. The van der Waals surface area contributed by atoms with E-state index in [-0.39, 0.29) is 6.42 Å². The Morgan fingerprint density at radius 3 is 2.11 bits per heavy atom. The van der Waals surface area contributed by atoms with Crippen molar-refractivity contribution >= 4 is 15.6 Å². The van der Waals surface area contributed by atoms with Crippen molar-refractivity contribution in [1.82, 2.24) is 0 Å². The van der Waals surface area contributed by atoms with E-state index < -0.39 is 21.9 Å². The summed E-state index contributed by atoms with van der Waals surface area (Å²) < 4.78 is 29.4. The summed E-state index contributed by atoms with van der Waals surface area (Å²) in [7, 11) is -9.93. The minimum atomic E-state index is -5.09. The van der Waals surface area contributed by atoms with Crippen molar-refractivity contribution in [2.24, 2.45) is 11.5 Å². The predicted octanol–water partition coefficient (Wildman–Crippen LogP) is 0.407. The number of phosphoric acid groups is 2. The lowest BCUT2D eigenvalue weighted by Gasteiger charge is -2.17. The first kappa shape index (κ1) is 18.2. The van der Waals surface area contributed by atoms with Crippen molar-refractivity contribution in [3.05, 3.63) is 0 Å². The van der Waals surface area contributed by atoms with Crippen LogP contribution in [0.2, 0.25) is 0 Å². The van der Waals surface area contributed by atoms with Gasteiger partial charge < -0.3 is 26.1 Å². The molecule has 0 aliphatic carbocycles. The van der Waals surface area contributed by atoms with Gasteiger partial charge in [-0.3, -0.25) is 4.52 Å². The van der Waals surface area contributed by atoms with Crippen LogP contribution in [-0.4, -0.2) is 27.5 Å². The number of phosphoric ester groups is 1. The maximum atomic E-state index is 11.1. The molecule has 0 aromatic carbocycles. The minimum Gasteiger partial charge on any atom is -0.330 e. The zero-order valence-corrected chi connectivity index (χ0v) is 11.6. The molecule has 0 spiro atoms. The Morgan fingerprint density at radius 2 is 1.61 bits per heavy atom. The molecule has 9 nitrogen and oxygen atoms in total. The monoisotopic (exact) mass is 306 g/mol. The van der Waals surface area contributed by atoms with E-state index in [4.69, 9.17) is 26.1 Å². The first-order valence-electron chi connectivity index (χ1n) is 5.40. The third-order valence-corrected chi connectivity index (χ3v) is 4.13. The lowest BCUT2D eigenvalue weighted by atomic mass is 10.1. The van der Waals surface area contributed by atoms with Gasteiger partial charge in [-0.05, 0) is 25.8 Å². The SMILES string of the molecule is NCCCCCCC(N)OP(=O)(O)OP(=O)(O)O. The Kier molecular flexibility index (Phi) is 8.45. The fourth-order valence-electron chi connectivity index (χ4n) is 1.22. The summed E-state index contributed by atoms with van der Waals surface area (Å²) >= 11 is 0. The van der Waals surface area contributed by atoms with Gasteiger partial charge in [0, 0.05) is 0 Å². The van der Waals surface area contributed by atoms with Crippen LogP contribution >= 0.6 is 15.6 Å². The second-order valence-corrected chi connectivity index (χ2v) is 6.46. The Morgan fingerprint density at radius 1 is 1.06 bits per heavy atom. The normalized spacial score (nSPS) is 17.4. The lowest BCUT2D eigenvalue weighted by molar-refractivity contribution is 0.123. The molecule has 0 saturated heterocycles. The van der Waals surface area contributed by atoms with Crippen molar-refractivity contribution in [3.63, 3.8) is 0 Å². The molecule has 0 bridgehead atoms. The summed E-state index contributed by atoms with van der Waals surface area (Å²) in [4.78, 5) is 25.7. The molecule has 0 saturated carbocycles. The van der Waals surface area contributed by atoms with Gasteiger partial charge in [0.15, 0.2) is 0 Å². The molecule has 0 aliphatic heterocycles. The number of rotatable bonds is 10. The molecule has 0 heterocycles. The van der Waals surface area contributed by atoms with E-state index in [1.165, 1.54) is 0 Å². The number of nitrogens with two attached hydrogens (primary N) is 2. The van der Waals surface area contributed by atoms with Crippen LogP contribution in [0.15, 0.2) is 0 Å². The molecular formula is C7H20N2O7P2. The summed E-state index contributed by atoms with van der Waals surface area (Å²) in [5.41, 5.74) is 10.7. The van der Waals surface area contributed by atoms with Gasteiger partial charge in [-0.25, -0.2) is 9.13 Å². The van der Waals surface area contributed by atoms with Crippen LogP contribution in [0, 0.1) is 0 Å². The van der Waals surface area contributed by atoms with Crippen LogP contribution in [0.5, 0.6) is 0 Å². The maximum Gasteiger partial charge on any atom is 0.482 e. The molecule has 18 heavy (non-hydrogen) atoms. The van der Waals surface area contributed by atoms with E-state index in [1.54, 1.807) is 0 Å². The molecule has 0 amide bonds. The summed E-state index contributed by atoms with van der Waals surface area (Å²) in [5, 5.41) is 0. The van der Waals surface area contributed by atoms with Gasteiger partial charge in [0.1, 0.15) is 6.23 Å². The summed E-state index contributed by atoms with van der Waals surface area (Å²) in [6.45, 7) is 0.602. The van der Waals surface area contributed by atoms with Crippen molar-refractivity contribution in [2.75, 3.05) is 6.54 Å². The Hall–Kier alpha value is 0.180. The second kappa shape index (κ2) is 8.37. The summed E-state index contributed by atoms with van der Waals surface area (Å²) in [6, 6.07) is 0. The van der Waals surface area contributed by atoms with Crippen LogP contribution in [0.3, 0.4) is 0 Å². The zero-order valence-electron chi connectivity index (χ0n) is 9.84. The van der Waals surface area contributed by atoms with Crippen molar-refractivity contribution < 1.29 is 32.6 Å². The van der Waals surface area contributed by atoms with Crippen LogP contribution in [0.1, 0.15) is 32.1 Å². The first-order chi connectivity index (χ1) is 8.16. The van der Waals surface area contributed by atoms with Gasteiger partial charge in [-0.1, -0.05) is 12.8 Å². The maximum absolute atomic E-state index is 11.1. The first-order valence-corrected chi connectivity index (χ1v) is 8.42. The van der Waals surface area contributed by atoms with E-state index in [0.29, 0.717) is 13.0 Å². The smallest absolute Gasteiger partial charge is 0.330 e. The molecule has 0 fully saturated rings. The highest BCUT2D eigenvalue weighted by Gasteiger charge is 2.33. The minimum absolute atomic E-state index is 0.277. The van der Waals surface area contributed by atoms with Crippen molar-refractivity contribution in [1.29, 1.82) is 0 Å². The number of unbranched alkanes of at least 4 members (excludes halogenated alkanes) is 3. The van der Waals surface area contributed by atoms with Crippen LogP contribution in [0.25, 0.3) is 0 Å². The van der Waals surface area contributed by atoms with Crippen molar-refractivity contribution in [2.45, 2.75) is 38.3 Å². The standard InChI is InChI=1S/C7H20N2O7P2/c8-6-4-2-1-3-5-7(9)15-18(13,14)16-17(10,11)12/h7H,1-6,8-9H2,(H,13,14)(H2,10,11,12). The highest BCUT2D eigenvalue weighted by Crippen LogP contribution is 2.57. The second-order valence-electron chi connectivity index (χ2n) is 3.68. The quantitative estimate of drug-likeness (QED) is 0.218. The highest BCUT2D eigenvalue weighted by molar-refractivity contribution is 7.60. The molecule has 2 unspecified atom stereocenters. The van der Waals surface area contributed by atoms with E-state index in [0.717, 1.165) is 19.3 Å². The van der Waals surface area contributed by atoms with E-state index in [1.807, 2.05) is 0 Å². The molecule has 0 aromatic heterocycles. The lowest BCUT2D eigenvalue weighted by Crippen LogP contribution is -2.22. The number of hydrogen-bond acceptors (Lipinski definition) is 6. The molecule has 0 radical (unpaired) electrons. The molecule has 0 rings (SSSR count). The predicted molar refractivity (Wildman–Crippen MR) is 64.2 cm³/mol. The largest absolute Gasteiger partial charge is 0.482 e. The van der Waals surface area contributed by atoms with E-state index >= 15 is 0 Å². The molecule has 2 atom stereocenters. The Bertz CT molecular complexity index is 321. The third kappa shape index (κ3) is 11.3. The van der Waals surface area contributed by atoms with Crippen LogP contribution < -0.4 is 11.5 Å². The van der Waals surface area contributed by atoms with E-state index in [9.17, 15) is 9.13 Å². The van der Waals surface area contributed by atoms with E-state index in [2.05, 4.69) is 8.83 Å². The molecule has 110 valence electrons. The molecule has 0 aliphatic rings. The zero-order chi connectivity index (χ0) is 14.2. The van der Waals surface area contributed by atoms with Crippen molar-refractivity contribution in [3.8, 4) is 0 Å². The fraction of sp³-hybridized carbons (Fsp3) is 1.00. The van der Waals surface area contributed by atoms with Gasteiger partial charge in [0.2, 0.25) is 0 Å². The van der Waals surface area contributed by atoms with Gasteiger partial charge in [-0.2, -0.15) is 4.31 Å². The van der Waals surface area contributed by atoms with Gasteiger partial charge >= 0.3 is 15.6 Å². The van der Waals surface area contributed by atoms with Gasteiger partial charge in [0.05, 0.1) is 0 Å². The fourth-order valence-corrected chi connectivity index (χ4v) is 2.90. The highest BCUT2D eigenvalue weighted by atomic mass is 31.3. The molecule has 0 aromatic rings. The summed E-state index contributed by atoms with van der Waals surface area (Å²) in [6.07, 6.45) is 2.44. The Balaban J connectivity index is 3.89. The average Bonchev–Trinajstić information content (AvgIpc) is 2.12. The molecule has 11 heteroatoms. The van der Waals surface area contributed by atoms with Gasteiger partial charge in [0.25, 0.3) is 0 Å². The molecule has 7 N–H and O–H groups in total. The Labute approximate surface area is 105 Å². The average molecular weight is 306 g/mol. The van der Waals surface area contributed by atoms with Crippen LogP contribution in [-0.2, 0) is 18.0 Å². The van der Waals surface area contributed by atoms with Gasteiger partial charge in [-0.15, -0.1) is 0 Å². The number of hydrogen-bond donors (Lipinski definition) is 5.